The van der Waals surface area contributed by atoms with Gasteiger partial charge in [-0.2, -0.15) is 0 Å². The fraction of sp³-hybridized carbons (Fsp3) is 0.143. The van der Waals surface area contributed by atoms with E-state index in [0.717, 1.165) is 16.0 Å². The van der Waals surface area contributed by atoms with Crippen LogP contribution in [0.4, 0.5) is 0 Å². The van der Waals surface area contributed by atoms with Crippen LogP contribution in [0.2, 0.25) is 0 Å². The highest BCUT2D eigenvalue weighted by Crippen LogP contribution is 2.28. The predicted octanol–water partition coefficient (Wildman–Crippen LogP) is 2.05. The average molecular weight is 241 g/mol. The summed E-state index contributed by atoms with van der Waals surface area (Å²) in [5.74, 6) is 5.93. The summed E-state index contributed by atoms with van der Waals surface area (Å²) in [6.07, 6.45) is 0. The van der Waals surface area contributed by atoms with Gasteiger partial charge in [-0.25, -0.2) is 0 Å². The Labute approximate surface area is 104 Å². The SMILES string of the molecule is OC1(C#Cc2cccs2)NCc2ccccc21. The maximum Gasteiger partial charge on any atom is 0.207 e. The molecule has 1 aromatic carbocycles. The van der Waals surface area contributed by atoms with Crippen molar-refractivity contribution in [3.63, 3.8) is 0 Å². The maximum absolute atomic E-state index is 10.5. The molecule has 0 saturated carbocycles. The lowest BCUT2D eigenvalue weighted by Crippen LogP contribution is -2.34. The first kappa shape index (κ1) is 10.5. The number of hydrogen-bond acceptors (Lipinski definition) is 3. The van der Waals surface area contributed by atoms with Gasteiger partial charge in [0.05, 0.1) is 4.88 Å². The van der Waals surface area contributed by atoms with E-state index in [0.29, 0.717) is 6.54 Å². The molecule has 0 aliphatic carbocycles. The minimum atomic E-state index is -1.21. The van der Waals surface area contributed by atoms with Gasteiger partial charge in [0.25, 0.3) is 0 Å². The molecule has 1 atom stereocenters. The second-order valence-electron chi connectivity index (χ2n) is 3.95. The van der Waals surface area contributed by atoms with Crippen LogP contribution in [-0.2, 0) is 12.3 Å². The summed E-state index contributed by atoms with van der Waals surface area (Å²) >= 11 is 1.57. The van der Waals surface area contributed by atoms with Crippen molar-refractivity contribution in [3.8, 4) is 11.8 Å². The van der Waals surface area contributed by atoms with Crippen LogP contribution >= 0.6 is 11.3 Å². The first-order valence-electron chi connectivity index (χ1n) is 5.40. The zero-order chi connectivity index (χ0) is 11.7. The topological polar surface area (TPSA) is 32.3 Å². The highest BCUT2D eigenvalue weighted by atomic mass is 32.1. The van der Waals surface area contributed by atoms with Crippen molar-refractivity contribution in [1.29, 1.82) is 0 Å². The maximum atomic E-state index is 10.5. The summed E-state index contributed by atoms with van der Waals surface area (Å²) in [5, 5.41) is 15.5. The molecule has 3 rings (SSSR count). The number of aliphatic hydroxyl groups is 1. The van der Waals surface area contributed by atoms with Crippen molar-refractivity contribution in [2.75, 3.05) is 0 Å². The Hall–Kier alpha value is -1.60. The van der Waals surface area contributed by atoms with Gasteiger partial charge in [-0.15, -0.1) is 11.3 Å². The van der Waals surface area contributed by atoms with Gasteiger partial charge in [0.15, 0.2) is 0 Å². The lowest BCUT2D eigenvalue weighted by atomic mass is 10.0. The van der Waals surface area contributed by atoms with Crippen LogP contribution in [0.15, 0.2) is 41.8 Å². The van der Waals surface area contributed by atoms with Crippen LogP contribution < -0.4 is 5.32 Å². The number of benzene rings is 1. The summed E-state index contributed by atoms with van der Waals surface area (Å²) in [5.41, 5.74) is 0.764. The molecule has 1 aromatic heterocycles. The number of rotatable bonds is 0. The molecular formula is C14H11NOS. The average Bonchev–Trinajstić information content (AvgIpc) is 2.97. The summed E-state index contributed by atoms with van der Waals surface area (Å²) < 4.78 is 0. The van der Waals surface area contributed by atoms with Gasteiger partial charge >= 0.3 is 0 Å². The molecule has 1 aliphatic rings. The summed E-state index contributed by atoms with van der Waals surface area (Å²) in [6, 6.07) is 11.7. The highest BCUT2D eigenvalue weighted by Gasteiger charge is 2.34. The zero-order valence-corrected chi connectivity index (χ0v) is 9.92. The van der Waals surface area contributed by atoms with Crippen molar-refractivity contribution >= 4 is 11.3 Å². The number of nitrogens with one attached hydrogen (secondary N) is 1. The van der Waals surface area contributed by atoms with Crippen LogP contribution in [-0.4, -0.2) is 5.11 Å². The normalized spacial score (nSPS) is 21.7. The van der Waals surface area contributed by atoms with E-state index in [1.807, 2.05) is 41.8 Å². The molecule has 0 radical (unpaired) electrons. The Kier molecular flexibility index (Phi) is 2.49. The van der Waals surface area contributed by atoms with Crippen molar-refractivity contribution in [3.05, 3.63) is 57.8 Å². The lowest BCUT2D eigenvalue weighted by molar-refractivity contribution is 0.0735. The quantitative estimate of drug-likeness (QED) is 0.692. The highest BCUT2D eigenvalue weighted by molar-refractivity contribution is 7.10. The van der Waals surface area contributed by atoms with E-state index in [1.54, 1.807) is 11.3 Å². The van der Waals surface area contributed by atoms with Crippen molar-refractivity contribution in [2.45, 2.75) is 12.3 Å². The third-order valence-corrected chi connectivity index (χ3v) is 3.61. The molecule has 0 fully saturated rings. The second kappa shape index (κ2) is 4.01. The Bertz CT molecular complexity index is 594. The largest absolute Gasteiger partial charge is 0.361 e. The van der Waals surface area contributed by atoms with Gasteiger partial charge in [0, 0.05) is 12.1 Å². The van der Waals surface area contributed by atoms with Gasteiger partial charge < -0.3 is 5.11 Å². The third-order valence-electron chi connectivity index (χ3n) is 2.83. The van der Waals surface area contributed by atoms with E-state index < -0.39 is 5.72 Å². The molecule has 2 N–H and O–H groups in total. The molecule has 0 spiro atoms. The molecule has 17 heavy (non-hydrogen) atoms. The van der Waals surface area contributed by atoms with E-state index in [-0.39, 0.29) is 0 Å². The first-order chi connectivity index (χ1) is 8.28. The van der Waals surface area contributed by atoms with E-state index in [2.05, 4.69) is 17.2 Å². The van der Waals surface area contributed by atoms with Gasteiger partial charge in [-0.3, -0.25) is 5.32 Å². The predicted molar refractivity (Wildman–Crippen MR) is 68.4 cm³/mol. The lowest BCUT2D eigenvalue weighted by Gasteiger charge is -2.16. The molecular weight excluding hydrogens is 230 g/mol. The Morgan fingerprint density at radius 1 is 1.24 bits per heavy atom. The monoisotopic (exact) mass is 241 g/mol. The Morgan fingerprint density at radius 2 is 2.12 bits per heavy atom. The summed E-state index contributed by atoms with van der Waals surface area (Å²) in [4.78, 5) is 0.963. The fourth-order valence-electron chi connectivity index (χ4n) is 1.96. The minimum absolute atomic E-state index is 0.659. The van der Waals surface area contributed by atoms with Gasteiger partial charge in [0.1, 0.15) is 0 Å². The van der Waals surface area contributed by atoms with E-state index >= 15 is 0 Å². The fourth-order valence-corrected chi connectivity index (χ4v) is 2.53. The van der Waals surface area contributed by atoms with Crippen molar-refractivity contribution < 1.29 is 5.11 Å². The Balaban J connectivity index is 1.99. The molecule has 0 bridgehead atoms. The summed E-state index contributed by atoms with van der Waals surface area (Å²) in [6.45, 7) is 0.659. The number of hydrogen-bond donors (Lipinski definition) is 2. The first-order valence-corrected chi connectivity index (χ1v) is 6.28. The summed E-state index contributed by atoms with van der Waals surface area (Å²) in [7, 11) is 0. The van der Waals surface area contributed by atoms with Crippen LogP contribution in [0.3, 0.4) is 0 Å². The van der Waals surface area contributed by atoms with E-state index in [4.69, 9.17) is 0 Å². The van der Waals surface area contributed by atoms with Crippen molar-refractivity contribution in [1.82, 2.24) is 5.32 Å². The van der Waals surface area contributed by atoms with E-state index in [9.17, 15) is 5.11 Å². The molecule has 3 heteroatoms. The molecule has 2 heterocycles. The standard InChI is InChI=1S/C14H11NOS/c16-14(8-7-12-5-3-9-17-12)13-6-2-1-4-11(13)10-15-14/h1-6,9,15-16H,10H2. The molecule has 0 saturated heterocycles. The second-order valence-corrected chi connectivity index (χ2v) is 4.90. The van der Waals surface area contributed by atoms with Crippen LogP contribution in [0, 0.1) is 11.8 Å². The zero-order valence-electron chi connectivity index (χ0n) is 9.10. The minimum Gasteiger partial charge on any atom is -0.361 e. The third kappa shape index (κ3) is 1.87. The number of thiophene rings is 1. The molecule has 84 valence electrons. The van der Waals surface area contributed by atoms with Gasteiger partial charge in [-0.05, 0) is 22.9 Å². The van der Waals surface area contributed by atoms with Crippen molar-refractivity contribution in [2.24, 2.45) is 0 Å². The molecule has 0 amide bonds. The van der Waals surface area contributed by atoms with Gasteiger partial charge in [-0.1, -0.05) is 36.3 Å². The van der Waals surface area contributed by atoms with Crippen LogP contribution in [0.5, 0.6) is 0 Å². The number of fused-ring (bicyclic) bond motifs is 1. The van der Waals surface area contributed by atoms with E-state index in [1.165, 1.54) is 0 Å². The smallest absolute Gasteiger partial charge is 0.207 e. The molecule has 1 aliphatic heterocycles. The molecule has 2 nitrogen and oxygen atoms in total. The van der Waals surface area contributed by atoms with Gasteiger partial charge in [0.2, 0.25) is 5.72 Å². The Morgan fingerprint density at radius 3 is 2.94 bits per heavy atom. The molecule has 1 unspecified atom stereocenters. The van der Waals surface area contributed by atoms with Crippen LogP contribution in [0.1, 0.15) is 16.0 Å². The van der Waals surface area contributed by atoms with Crippen LogP contribution in [0.25, 0.3) is 0 Å². The molecule has 2 aromatic rings.